The molecule has 0 aliphatic rings. The summed E-state index contributed by atoms with van der Waals surface area (Å²) < 4.78 is 0. The zero-order chi connectivity index (χ0) is 11.3. The fourth-order valence-corrected chi connectivity index (χ4v) is 1.10. The summed E-state index contributed by atoms with van der Waals surface area (Å²) in [7, 11) is 3.89. The second-order valence-corrected chi connectivity index (χ2v) is 3.38. The Kier molecular flexibility index (Phi) is 3.99. The van der Waals surface area contributed by atoms with E-state index in [1.54, 1.807) is 6.07 Å². The van der Waals surface area contributed by atoms with E-state index < -0.39 is 4.92 Å². The molecule has 0 bridgehead atoms. The lowest BCUT2D eigenvalue weighted by Gasteiger charge is -2.10. The van der Waals surface area contributed by atoms with Gasteiger partial charge in [-0.3, -0.25) is 15.1 Å². The fraction of sp³-hybridized carbons (Fsp3) is 0.444. The van der Waals surface area contributed by atoms with Crippen molar-refractivity contribution < 1.29 is 4.92 Å². The van der Waals surface area contributed by atoms with Gasteiger partial charge in [0.2, 0.25) is 0 Å². The standard InChI is InChI=1S/C9H14N4O2/c1-12(2)6-5-11-8-3-4-10-7-9(8)13(14)15/h3-4,7H,5-6H2,1-2H3,(H,10,11). The Bertz CT molecular complexity index is 341. The molecule has 82 valence electrons. The summed E-state index contributed by atoms with van der Waals surface area (Å²) in [6, 6.07) is 1.60. The molecular weight excluding hydrogens is 196 g/mol. The molecule has 0 saturated carbocycles. The molecule has 0 aliphatic carbocycles. The molecule has 1 heterocycles. The van der Waals surface area contributed by atoms with E-state index in [1.165, 1.54) is 12.4 Å². The van der Waals surface area contributed by atoms with Gasteiger partial charge in [-0.25, -0.2) is 0 Å². The van der Waals surface area contributed by atoms with Gasteiger partial charge in [-0.05, 0) is 20.2 Å². The van der Waals surface area contributed by atoms with Gasteiger partial charge in [-0.2, -0.15) is 0 Å². The van der Waals surface area contributed by atoms with Crippen molar-refractivity contribution in [3.05, 3.63) is 28.6 Å². The second-order valence-electron chi connectivity index (χ2n) is 3.38. The summed E-state index contributed by atoms with van der Waals surface area (Å²) in [6.45, 7) is 1.48. The number of pyridine rings is 1. The number of anilines is 1. The number of likely N-dealkylation sites (N-methyl/N-ethyl adjacent to an activating group) is 1. The molecule has 6 heteroatoms. The molecule has 0 unspecified atom stereocenters. The van der Waals surface area contributed by atoms with Gasteiger partial charge in [0.1, 0.15) is 11.9 Å². The smallest absolute Gasteiger partial charge is 0.310 e. The minimum Gasteiger partial charge on any atom is -0.378 e. The molecule has 1 aromatic heterocycles. The van der Waals surface area contributed by atoms with Gasteiger partial charge >= 0.3 is 5.69 Å². The van der Waals surface area contributed by atoms with E-state index in [9.17, 15) is 10.1 Å². The van der Waals surface area contributed by atoms with Crippen LogP contribution < -0.4 is 5.32 Å². The number of hydrogen-bond donors (Lipinski definition) is 1. The van der Waals surface area contributed by atoms with Crippen molar-refractivity contribution in [3.63, 3.8) is 0 Å². The second kappa shape index (κ2) is 5.26. The van der Waals surface area contributed by atoms with Crippen molar-refractivity contribution in [1.29, 1.82) is 0 Å². The van der Waals surface area contributed by atoms with Crippen molar-refractivity contribution >= 4 is 11.4 Å². The number of nitro groups is 1. The lowest BCUT2D eigenvalue weighted by molar-refractivity contribution is -0.384. The van der Waals surface area contributed by atoms with E-state index in [0.717, 1.165) is 6.54 Å². The average molecular weight is 210 g/mol. The molecule has 6 nitrogen and oxygen atoms in total. The predicted octanol–water partition coefficient (Wildman–Crippen LogP) is 0.963. The van der Waals surface area contributed by atoms with Crippen LogP contribution in [-0.4, -0.2) is 42.0 Å². The van der Waals surface area contributed by atoms with Crippen LogP contribution in [0.2, 0.25) is 0 Å². The van der Waals surface area contributed by atoms with Crippen LogP contribution in [0.3, 0.4) is 0 Å². The van der Waals surface area contributed by atoms with Gasteiger partial charge in [0.15, 0.2) is 0 Å². The van der Waals surface area contributed by atoms with Gasteiger partial charge in [0.25, 0.3) is 0 Å². The Hall–Kier alpha value is -1.69. The minimum atomic E-state index is -0.439. The highest BCUT2D eigenvalue weighted by atomic mass is 16.6. The van der Waals surface area contributed by atoms with Crippen LogP contribution in [0, 0.1) is 10.1 Å². The predicted molar refractivity (Wildman–Crippen MR) is 57.9 cm³/mol. The Morgan fingerprint density at radius 1 is 1.60 bits per heavy atom. The van der Waals surface area contributed by atoms with Crippen molar-refractivity contribution in [2.24, 2.45) is 0 Å². The van der Waals surface area contributed by atoms with E-state index in [4.69, 9.17) is 0 Å². The molecule has 0 amide bonds. The first kappa shape index (κ1) is 11.4. The molecule has 1 aromatic rings. The highest BCUT2D eigenvalue weighted by molar-refractivity contribution is 5.59. The van der Waals surface area contributed by atoms with E-state index in [1.807, 2.05) is 19.0 Å². The third-order valence-electron chi connectivity index (χ3n) is 1.87. The van der Waals surface area contributed by atoms with Gasteiger partial charge < -0.3 is 10.2 Å². The topological polar surface area (TPSA) is 71.3 Å². The van der Waals surface area contributed by atoms with Crippen LogP contribution in [0.4, 0.5) is 11.4 Å². The first-order valence-electron chi connectivity index (χ1n) is 4.58. The third kappa shape index (κ3) is 3.51. The van der Waals surface area contributed by atoms with Crippen molar-refractivity contribution in [2.75, 3.05) is 32.5 Å². The van der Waals surface area contributed by atoms with Gasteiger partial charge in [-0.1, -0.05) is 0 Å². The molecule has 0 fully saturated rings. The van der Waals surface area contributed by atoms with Crippen LogP contribution in [0.1, 0.15) is 0 Å². The first-order valence-corrected chi connectivity index (χ1v) is 4.58. The van der Waals surface area contributed by atoms with Crippen LogP contribution >= 0.6 is 0 Å². The van der Waals surface area contributed by atoms with E-state index in [2.05, 4.69) is 10.3 Å². The largest absolute Gasteiger partial charge is 0.378 e. The fourth-order valence-electron chi connectivity index (χ4n) is 1.10. The molecule has 1 N–H and O–H groups in total. The van der Waals surface area contributed by atoms with E-state index >= 15 is 0 Å². The Morgan fingerprint density at radius 2 is 2.33 bits per heavy atom. The number of nitrogens with zero attached hydrogens (tertiary/aromatic N) is 3. The molecule has 0 atom stereocenters. The molecule has 1 rings (SSSR count). The van der Waals surface area contributed by atoms with Crippen molar-refractivity contribution in [3.8, 4) is 0 Å². The lowest BCUT2D eigenvalue weighted by Crippen LogP contribution is -2.21. The van der Waals surface area contributed by atoms with Gasteiger partial charge in [-0.15, -0.1) is 0 Å². The Balaban J connectivity index is 2.63. The lowest BCUT2D eigenvalue weighted by atomic mass is 10.3. The molecule has 15 heavy (non-hydrogen) atoms. The first-order chi connectivity index (χ1) is 7.11. The summed E-state index contributed by atoms with van der Waals surface area (Å²) >= 11 is 0. The van der Waals surface area contributed by atoms with Crippen molar-refractivity contribution in [1.82, 2.24) is 9.88 Å². The third-order valence-corrected chi connectivity index (χ3v) is 1.87. The number of hydrogen-bond acceptors (Lipinski definition) is 5. The van der Waals surface area contributed by atoms with Crippen LogP contribution in [0.25, 0.3) is 0 Å². The highest BCUT2D eigenvalue weighted by Gasteiger charge is 2.12. The summed E-state index contributed by atoms with van der Waals surface area (Å²) in [5.41, 5.74) is 0.521. The summed E-state index contributed by atoms with van der Waals surface area (Å²) in [5, 5.41) is 13.6. The SMILES string of the molecule is CN(C)CCNc1ccncc1[N+](=O)[O-]. The quantitative estimate of drug-likeness (QED) is 0.579. The number of nitrogens with one attached hydrogen (secondary N) is 1. The normalized spacial score (nSPS) is 10.3. The molecule has 0 aromatic carbocycles. The molecule has 0 spiro atoms. The zero-order valence-electron chi connectivity index (χ0n) is 8.80. The monoisotopic (exact) mass is 210 g/mol. The van der Waals surface area contributed by atoms with Crippen LogP contribution in [0.15, 0.2) is 18.5 Å². The van der Waals surface area contributed by atoms with Crippen molar-refractivity contribution in [2.45, 2.75) is 0 Å². The van der Waals surface area contributed by atoms with Gasteiger partial charge in [0, 0.05) is 19.3 Å². The average Bonchev–Trinajstić information content (AvgIpc) is 2.17. The maximum absolute atomic E-state index is 10.6. The summed E-state index contributed by atoms with van der Waals surface area (Å²) in [5.74, 6) is 0. The van der Waals surface area contributed by atoms with Crippen LogP contribution in [0.5, 0.6) is 0 Å². The van der Waals surface area contributed by atoms with Crippen LogP contribution in [-0.2, 0) is 0 Å². The minimum absolute atomic E-state index is 0.0104. The van der Waals surface area contributed by atoms with Gasteiger partial charge in [0.05, 0.1) is 4.92 Å². The molecule has 0 radical (unpaired) electrons. The van der Waals surface area contributed by atoms with E-state index in [0.29, 0.717) is 12.2 Å². The summed E-state index contributed by atoms with van der Waals surface area (Å²) in [4.78, 5) is 15.9. The number of rotatable bonds is 5. The Morgan fingerprint density at radius 3 is 2.93 bits per heavy atom. The zero-order valence-corrected chi connectivity index (χ0v) is 8.80. The molecule has 0 saturated heterocycles. The Labute approximate surface area is 88.1 Å². The highest BCUT2D eigenvalue weighted by Crippen LogP contribution is 2.21. The molecular formula is C9H14N4O2. The number of aromatic nitrogens is 1. The molecule has 0 aliphatic heterocycles. The van der Waals surface area contributed by atoms with E-state index in [-0.39, 0.29) is 5.69 Å². The maximum Gasteiger partial charge on any atom is 0.310 e. The summed E-state index contributed by atoms with van der Waals surface area (Å²) in [6.07, 6.45) is 2.78. The maximum atomic E-state index is 10.6.